The quantitative estimate of drug-likeness (QED) is 0.635. The summed E-state index contributed by atoms with van der Waals surface area (Å²) in [5.74, 6) is -1.28. The van der Waals surface area contributed by atoms with Gasteiger partial charge in [-0.15, -0.1) is 0 Å². The number of carbonyl (C=O) groups is 3. The topological polar surface area (TPSA) is 85.5 Å². The molecular formula is C14H19NO5. The minimum Gasteiger partial charge on any atom is -0.466 e. The van der Waals surface area contributed by atoms with E-state index in [9.17, 15) is 14.4 Å². The van der Waals surface area contributed by atoms with Crippen molar-refractivity contribution in [2.45, 2.75) is 34.1 Å². The monoisotopic (exact) mass is 281 g/mol. The maximum Gasteiger partial charge on any atom is 0.355 e. The molecule has 20 heavy (non-hydrogen) atoms. The molecular weight excluding hydrogens is 262 g/mol. The summed E-state index contributed by atoms with van der Waals surface area (Å²) < 4.78 is 9.79. The largest absolute Gasteiger partial charge is 0.466 e. The molecule has 0 atom stereocenters. The molecule has 1 rings (SSSR count). The van der Waals surface area contributed by atoms with Gasteiger partial charge in [-0.25, -0.2) is 4.79 Å². The van der Waals surface area contributed by atoms with E-state index in [1.165, 1.54) is 6.92 Å². The van der Waals surface area contributed by atoms with Crippen molar-refractivity contribution in [1.29, 1.82) is 0 Å². The molecule has 0 radical (unpaired) electrons. The molecule has 1 aromatic rings. The highest BCUT2D eigenvalue weighted by molar-refractivity contribution is 6.02. The van der Waals surface area contributed by atoms with Crippen LogP contribution >= 0.6 is 0 Å². The summed E-state index contributed by atoms with van der Waals surface area (Å²) in [5.41, 5.74) is 1.37. The van der Waals surface area contributed by atoms with Gasteiger partial charge >= 0.3 is 11.9 Å². The molecule has 1 heterocycles. The highest BCUT2D eigenvalue weighted by Crippen LogP contribution is 2.21. The smallest absolute Gasteiger partial charge is 0.355 e. The number of aryl methyl sites for hydroxylation is 1. The van der Waals surface area contributed by atoms with Crippen molar-refractivity contribution in [1.82, 2.24) is 4.98 Å². The highest BCUT2D eigenvalue weighted by atomic mass is 16.5. The van der Waals surface area contributed by atoms with Gasteiger partial charge in [-0.1, -0.05) is 0 Å². The predicted octanol–water partition coefficient (Wildman–Crippen LogP) is 1.81. The first-order valence-electron chi connectivity index (χ1n) is 6.47. The van der Waals surface area contributed by atoms with Crippen LogP contribution in [0.4, 0.5) is 0 Å². The van der Waals surface area contributed by atoms with Gasteiger partial charge in [-0.05, 0) is 27.7 Å². The van der Waals surface area contributed by atoms with Crippen molar-refractivity contribution in [2.24, 2.45) is 0 Å². The fourth-order valence-electron chi connectivity index (χ4n) is 2.06. The molecule has 6 nitrogen and oxygen atoms in total. The number of esters is 2. The second-order valence-corrected chi connectivity index (χ2v) is 4.24. The van der Waals surface area contributed by atoms with E-state index in [0.29, 0.717) is 16.8 Å². The van der Waals surface area contributed by atoms with E-state index in [-0.39, 0.29) is 31.1 Å². The lowest BCUT2D eigenvalue weighted by atomic mass is 10.0. The summed E-state index contributed by atoms with van der Waals surface area (Å²) in [5, 5.41) is 0. The van der Waals surface area contributed by atoms with Gasteiger partial charge in [0.15, 0.2) is 5.78 Å². The minimum absolute atomic E-state index is 0.138. The van der Waals surface area contributed by atoms with Crippen LogP contribution in [0.3, 0.4) is 0 Å². The van der Waals surface area contributed by atoms with Crippen LogP contribution in [0.1, 0.15) is 52.9 Å². The summed E-state index contributed by atoms with van der Waals surface area (Å²) in [6.45, 7) is 6.90. The average molecular weight is 281 g/mol. The van der Waals surface area contributed by atoms with Crippen LogP contribution in [0, 0.1) is 6.92 Å². The zero-order valence-corrected chi connectivity index (χ0v) is 12.2. The van der Waals surface area contributed by atoms with Gasteiger partial charge in [0.1, 0.15) is 5.69 Å². The van der Waals surface area contributed by atoms with Gasteiger partial charge in [0.25, 0.3) is 0 Å². The molecule has 0 unspecified atom stereocenters. The van der Waals surface area contributed by atoms with E-state index in [4.69, 9.17) is 9.47 Å². The van der Waals surface area contributed by atoms with Gasteiger partial charge in [0, 0.05) is 16.8 Å². The maximum absolute atomic E-state index is 11.9. The molecule has 0 spiro atoms. The van der Waals surface area contributed by atoms with Crippen molar-refractivity contribution < 1.29 is 23.9 Å². The molecule has 1 aromatic heterocycles. The number of aromatic amines is 1. The first-order chi connectivity index (χ1) is 9.42. The lowest BCUT2D eigenvalue weighted by molar-refractivity contribution is -0.142. The predicted molar refractivity (Wildman–Crippen MR) is 71.8 cm³/mol. The van der Waals surface area contributed by atoms with E-state index >= 15 is 0 Å². The van der Waals surface area contributed by atoms with Crippen LogP contribution in [0.15, 0.2) is 0 Å². The average Bonchev–Trinajstić information content (AvgIpc) is 2.66. The molecule has 0 bridgehead atoms. The lowest BCUT2D eigenvalue weighted by Crippen LogP contribution is -2.14. The first kappa shape index (κ1) is 15.9. The minimum atomic E-state index is -0.581. The third-order valence-corrected chi connectivity index (χ3v) is 2.75. The molecule has 6 heteroatoms. The fourth-order valence-corrected chi connectivity index (χ4v) is 2.06. The molecule has 0 saturated heterocycles. The Morgan fingerprint density at radius 3 is 2.20 bits per heavy atom. The Balaban J connectivity index is 3.23. The number of hydrogen-bond acceptors (Lipinski definition) is 5. The van der Waals surface area contributed by atoms with Crippen molar-refractivity contribution in [2.75, 3.05) is 13.2 Å². The van der Waals surface area contributed by atoms with Crippen molar-refractivity contribution in [3.05, 3.63) is 22.5 Å². The Bertz CT molecular complexity index is 530. The fraction of sp³-hybridized carbons (Fsp3) is 0.500. The highest BCUT2D eigenvalue weighted by Gasteiger charge is 2.25. The van der Waals surface area contributed by atoms with Crippen molar-refractivity contribution >= 4 is 17.7 Å². The Morgan fingerprint density at radius 1 is 1.10 bits per heavy atom. The second kappa shape index (κ2) is 6.88. The number of ether oxygens (including phenoxy) is 2. The van der Waals surface area contributed by atoms with Crippen molar-refractivity contribution in [3.63, 3.8) is 0 Å². The van der Waals surface area contributed by atoms with E-state index < -0.39 is 11.9 Å². The van der Waals surface area contributed by atoms with E-state index in [0.717, 1.165) is 0 Å². The molecule has 0 fully saturated rings. The SMILES string of the molecule is CCOC(=O)Cc1c(C(=O)OCC)[nH]c(C)c1C(C)=O. The van der Waals surface area contributed by atoms with E-state index in [2.05, 4.69) is 4.98 Å². The molecule has 0 aliphatic rings. The Morgan fingerprint density at radius 2 is 1.70 bits per heavy atom. The number of ketones is 1. The molecule has 0 aliphatic heterocycles. The molecule has 0 aromatic carbocycles. The number of H-pyrrole nitrogens is 1. The van der Waals surface area contributed by atoms with Crippen LogP contribution in [0.2, 0.25) is 0 Å². The third kappa shape index (κ3) is 3.46. The standard InChI is InChI=1S/C14H19NO5/c1-5-19-11(17)7-10-12(9(4)16)8(3)15-13(10)14(18)20-6-2/h15H,5-7H2,1-4H3. The van der Waals surface area contributed by atoms with Crippen LogP contribution in [0.25, 0.3) is 0 Å². The molecule has 0 aliphatic carbocycles. The Labute approximate surface area is 117 Å². The summed E-state index contributed by atoms with van der Waals surface area (Å²) in [4.78, 5) is 38.0. The molecule has 1 N–H and O–H groups in total. The van der Waals surface area contributed by atoms with Crippen LogP contribution < -0.4 is 0 Å². The van der Waals surface area contributed by atoms with Crippen LogP contribution in [0.5, 0.6) is 0 Å². The number of hydrogen-bond donors (Lipinski definition) is 1. The number of carbonyl (C=O) groups excluding carboxylic acids is 3. The van der Waals surface area contributed by atoms with Gasteiger partial charge in [0.05, 0.1) is 19.6 Å². The molecule has 0 amide bonds. The van der Waals surface area contributed by atoms with Crippen LogP contribution in [-0.2, 0) is 20.7 Å². The Kier molecular flexibility index (Phi) is 5.49. The number of nitrogens with one attached hydrogen (secondary N) is 1. The summed E-state index contributed by atoms with van der Waals surface area (Å²) in [6, 6.07) is 0. The molecule has 110 valence electrons. The summed E-state index contributed by atoms with van der Waals surface area (Å²) in [6.07, 6.45) is -0.138. The second-order valence-electron chi connectivity index (χ2n) is 4.24. The van der Waals surface area contributed by atoms with Gasteiger partial charge < -0.3 is 14.5 Å². The van der Waals surface area contributed by atoms with E-state index in [1.54, 1.807) is 20.8 Å². The normalized spacial score (nSPS) is 10.2. The van der Waals surface area contributed by atoms with Gasteiger partial charge in [-0.2, -0.15) is 0 Å². The number of rotatable bonds is 6. The maximum atomic E-state index is 11.9. The van der Waals surface area contributed by atoms with Gasteiger partial charge in [-0.3, -0.25) is 9.59 Å². The Hall–Kier alpha value is -2.11. The van der Waals surface area contributed by atoms with E-state index in [1.807, 2.05) is 0 Å². The third-order valence-electron chi connectivity index (χ3n) is 2.75. The lowest BCUT2D eigenvalue weighted by Gasteiger charge is -2.06. The summed E-state index contributed by atoms with van der Waals surface area (Å²) >= 11 is 0. The van der Waals surface area contributed by atoms with Crippen molar-refractivity contribution in [3.8, 4) is 0 Å². The number of Topliss-reactive ketones (excluding diaryl/α,β-unsaturated/α-hetero) is 1. The van der Waals surface area contributed by atoms with Gasteiger partial charge in [0.2, 0.25) is 0 Å². The van der Waals surface area contributed by atoms with Crippen LogP contribution in [-0.4, -0.2) is 35.9 Å². The number of aromatic nitrogens is 1. The summed E-state index contributed by atoms with van der Waals surface area (Å²) in [7, 11) is 0. The zero-order chi connectivity index (χ0) is 15.3. The molecule has 0 saturated carbocycles. The zero-order valence-electron chi connectivity index (χ0n) is 12.2. The first-order valence-corrected chi connectivity index (χ1v) is 6.47.